The molecular formula is C16H19N3O3S3. The van der Waals surface area contributed by atoms with E-state index < -0.39 is 10.0 Å². The fourth-order valence-electron chi connectivity index (χ4n) is 2.59. The lowest BCUT2D eigenvalue weighted by Crippen LogP contribution is -2.29. The molecular weight excluding hydrogens is 378 g/mol. The van der Waals surface area contributed by atoms with Gasteiger partial charge in [0.15, 0.2) is 0 Å². The van der Waals surface area contributed by atoms with E-state index in [-0.39, 0.29) is 29.1 Å². The smallest absolute Gasteiger partial charge is 0.242 e. The first-order chi connectivity index (χ1) is 12.0. The Labute approximate surface area is 155 Å². The van der Waals surface area contributed by atoms with Crippen LogP contribution >= 0.6 is 23.1 Å². The second-order valence-electron chi connectivity index (χ2n) is 5.50. The normalized spacial score (nSPS) is 17.1. The lowest BCUT2D eigenvalue weighted by Gasteiger charge is -2.21. The van der Waals surface area contributed by atoms with Crippen molar-refractivity contribution < 1.29 is 13.2 Å². The van der Waals surface area contributed by atoms with Gasteiger partial charge in [-0.25, -0.2) is 13.1 Å². The van der Waals surface area contributed by atoms with E-state index in [2.05, 4.69) is 10.0 Å². The number of nitrogens with two attached hydrogens (primary N) is 1. The molecule has 0 aliphatic carbocycles. The third-order valence-electron chi connectivity index (χ3n) is 3.76. The molecule has 134 valence electrons. The minimum absolute atomic E-state index is 0.103. The fourth-order valence-corrected chi connectivity index (χ4v) is 5.97. The maximum Gasteiger partial charge on any atom is 0.242 e. The first-order valence-electron chi connectivity index (χ1n) is 7.80. The Kier molecular flexibility index (Phi) is 5.80. The van der Waals surface area contributed by atoms with Crippen LogP contribution in [-0.4, -0.2) is 33.2 Å². The number of benzene rings is 1. The molecule has 6 nitrogen and oxygen atoms in total. The predicted molar refractivity (Wildman–Crippen MR) is 103 cm³/mol. The van der Waals surface area contributed by atoms with Gasteiger partial charge in [0.2, 0.25) is 15.9 Å². The van der Waals surface area contributed by atoms with Crippen LogP contribution in [0.5, 0.6) is 0 Å². The number of rotatable bonds is 6. The van der Waals surface area contributed by atoms with Gasteiger partial charge in [0.25, 0.3) is 0 Å². The third-order valence-corrected chi connectivity index (χ3v) is 7.46. The number of amides is 1. The second-order valence-corrected chi connectivity index (χ2v) is 9.48. The average Bonchev–Trinajstić information content (AvgIpc) is 3.09. The van der Waals surface area contributed by atoms with Crippen LogP contribution in [0.15, 0.2) is 40.6 Å². The molecule has 0 fully saturated rings. The van der Waals surface area contributed by atoms with E-state index in [1.54, 1.807) is 35.2 Å². The van der Waals surface area contributed by atoms with Crippen LogP contribution < -0.4 is 15.8 Å². The van der Waals surface area contributed by atoms with Crippen LogP contribution in [-0.2, 0) is 21.2 Å². The highest BCUT2D eigenvalue weighted by atomic mass is 32.2. The Bertz CT molecular complexity index is 864. The van der Waals surface area contributed by atoms with E-state index in [9.17, 15) is 13.2 Å². The molecule has 1 unspecified atom stereocenters. The maximum atomic E-state index is 12.7. The zero-order chi connectivity index (χ0) is 17.9. The number of fused-ring (bicyclic) bond motifs is 1. The quantitative estimate of drug-likeness (QED) is 0.692. The zero-order valence-corrected chi connectivity index (χ0v) is 15.8. The van der Waals surface area contributed by atoms with Crippen molar-refractivity contribution in [2.24, 2.45) is 5.73 Å². The minimum atomic E-state index is -3.63. The Balaban J connectivity index is 1.76. The second kappa shape index (κ2) is 7.88. The number of thioether (sulfide) groups is 1. The lowest BCUT2D eigenvalue weighted by molar-refractivity contribution is -0.115. The maximum absolute atomic E-state index is 12.7. The Morgan fingerprint density at radius 3 is 2.96 bits per heavy atom. The molecule has 4 N–H and O–H groups in total. The lowest BCUT2D eigenvalue weighted by atomic mass is 10.1. The van der Waals surface area contributed by atoms with E-state index in [0.717, 1.165) is 17.7 Å². The summed E-state index contributed by atoms with van der Waals surface area (Å²) in [6.45, 7) is 0.385. The summed E-state index contributed by atoms with van der Waals surface area (Å²) in [5.41, 5.74) is 6.86. The number of sulfonamides is 1. The standard InChI is InChI=1S/C16H19N3O3S3/c17-6-7-18-25(21,22)12-3-1-2-11(10-12)19-16(20)15-13-4-8-23-14(13)5-9-24-15/h1-4,8,10,15,18H,5-7,9,17H2,(H,19,20). The van der Waals surface area contributed by atoms with E-state index in [1.165, 1.54) is 17.0 Å². The van der Waals surface area contributed by atoms with Crippen LogP contribution in [0.4, 0.5) is 5.69 Å². The Morgan fingerprint density at radius 2 is 2.16 bits per heavy atom. The number of hydrogen-bond acceptors (Lipinski definition) is 6. The van der Waals surface area contributed by atoms with Crippen molar-refractivity contribution in [3.8, 4) is 0 Å². The number of thiophene rings is 1. The molecule has 25 heavy (non-hydrogen) atoms. The van der Waals surface area contributed by atoms with Gasteiger partial charge in [0.1, 0.15) is 5.25 Å². The number of hydrogen-bond donors (Lipinski definition) is 3. The molecule has 0 saturated heterocycles. The van der Waals surface area contributed by atoms with Crippen LogP contribution in [0.3, 0.4) is 0 Å². The van der Waals surface area contributed by atoms with Gasteiger partial charge in [-0.2, -0.15) is 0 Å². The van der Waals surface area contributed by atoms with Gasteiger partial charge < -0.3 is 11.1 Å². The van der Waals surface area contributed by atoms with Crippen LogP contribution in [0.2, 0.25) is 0 Å². The van der Waals surface area contributed by atoms with Crippen molar-refractivity contribution in [3.05, 3.63) is 46.2 Å². The van der Waals surface area contributed by atoms with Crippen molar-refractivity contribution in [1.29, 1.82) is 0 Å². The van der Waals surface area contributed by atoms with E-state index in [0.29, 0.717) is 5.69 Å². The molecule has 0 radical (unpaired) electrons. The van der Waals surface area contributed by atoms with Gasteiger partial charge in [0, 0.05) is 23.7 Å². The Hall–Kier alpha value is -1.39. The molecule has 1 aliphatic heterocycles. The van der Waals surface area contributed by atoms with Crippen LogP contribution in [0, 0.1) is 0 Å². The van der Waals surface area contributed by atoms with Gasteiger partial charge >= 0.3 is 0 Å². The number of carbonyl (C=O) groups is 1. The monoisotopic (exact) mass is 397 g/mol. The van der Waals surface area contributed by atoms with Gasteiger partial charge in [-0.05, 0) is 47.4 Å². The van der Waals surface area contributed by atoms with Crippen molar-refractivity contribution >= 4 is 44.7 Å². The molecule has 3 rings (SSSR count). The summed E-state index contributed by atoms with van der Waals surface area (Å²) in [4.78, 5) is 14.0. The SMILES string of the molecule is NCCNS(=O)(=O)c1cccc(NC(=O)C2SCCc3sccc32)c1. The highest BCUT2D eigenvalue weighted by molar-refractivity contribution is 8.00. The summed E-state index contributed by atoms with van der Waals surface area (Å²) < 4.78 is 26.8. The molecule has 2 heterocycles. The van der Waals surface area contributed by atoms with Crippen LogP contribution in [0.1, 0.15) is 15.7 Å². The van der Waals surface area contributed by atoms with Crippen molar-refractivity contribution in [3.63, 3.8) is 0 Å². The molecule has 0 bridgehead atoms. The molecule has 1 aromatic heterocycles. The minimum Gasteiger partial charge on any atom is -0.329 e. The van der Waals surface area contributed by atoms with Gasteiger partial charge in [0.05, 0.1) is 4.90 Å². The number of anilines is 1. The van der Waals surface area contributed by atoms with Crippen molar-refractivity contribution in [2.45, 2.75) is 16.6 Å². The molecule has 1 aromatic carbocycles. The number of carbonyl (C=O) groups excluding carboxylic acids is 1. The van der Waals surface area contributed by atoms with Crippen LogP contribution in [0.25, 0.3) is 0 Å². The topological polar surface area (TPSA) is 101 Å². The first-order valence-corrected chi connectivity index (χ1v) is 11.2. The summed E-state index contributed by atoms with van der Waals surface area (Å²) in [5, 5.41) is 4.59. The third kappa shape index (κ3) is 4.24. The average molecular weight is 398 g/mol. The summed E-state index contributed by atoms with van der Waals surface area (Å²) >= 11 is 3.28. The molecule has 1 aliphatic rings. The molecule has 1 amide bonds. The van der Waals surface area contributed by atoms with Gasteiger partial charge in [-0.1, -0.05) is 6.07 Å². The van der Waals surface area contributed by atoms with Crippen molar-refractivity contribution in [2.75, 3.05) is 24.2 Å². The van der Waals surface area contributed by atoms with Crippen molar-refractivity contribution in [1.82, 2.24) is 4.72 Å². The first kappa shape index (κ1) is 18.4. The summed E-state index contributed by atoms with van der Waals surface area (Å²) in [5.74, 6) is 0.775. The van der Waals surface area contributed by atoms with E-state index in [1.807, 2.05) is 11.4 Å². The summed E-state index contributed by atoms with van der Waals surface area (Å²) in [6.07, 6.45) is 0.988. The van der Waals surface area contributed by atoms with E-state index >= 15 is 0 Å². The fraction of sp³-hybridized carbons (Fsp3) is 0.312. The highest BCUT2D eigenvalue weighted by Crippen LogP contribution is 2.40. The highest BCUT2D eigenvalue weighted by Gasteiger charge is 2.28. The number of nitrogens with one attached hydrogen (secondary N) is 2. The predicted octanol–water partition coefficient (Wildman–Crippen LogP) is 1.95. The molecule has 9 heteroatoms. The zero-order valence-electron chi connectivity index (χ0n) is 13.4. The molecule has 0 saturated carbocycles. The summed E-state index contributed by atoms with van der Waals surface area (Å²) in [7, 11) is -3.63. The van der Waals surface area contributed by atoms with E-state index in [4.69, 9.17) is 5.73 Å². The van der Waals surface area contributed by atoms with Gasteiger partial charge in [-0.3, -0.25) is 4.79 Å². The molecule has 0 spiro atoms. The number of aryl methyl sites for hydroxylation is 1. The summed E-state index contributed by atoms with van der Waals surface area (Å²) in [6, 6.07) is 8.23. The largest absolute Gasteiger partial charge is 0.329 e. The molecule has 1 atom stereocenters. The van der Waals surface area contributed by atoms with Gasteiger partial charge in [-0.15, -0.1) is 23.1 Å². The Morgan fingerprint density at radius 1 is 1.32 bits per heavy atom. The molecule has 2 aromatic rings.